The van der Waals surface area contributed by atoms with E-state index >= 15 is 0 Å². The lowest BCUT2D eigenvalue weighted by Gasteiger charge is -2.30. The maximum atomic E-state index is 12.1. The van der Waals surface area contributed by atoms with Crippen molar-refractivity contribution in [3.63, 3.8) is 0 Å². The van der Waals surface area contributed by atoms with Crippen LogP contribution in [0, 0.1) is 6.92 Å². The van der Waals surface area contributed by atoms with Crippen LogP contribution in [0.5, 0.6) is 5.75 Å². The second-order valence-corrected chi connectivity index (χ2v) is 9.03. The van der Waals surface area contributed by atoms with Gasteiger partial charge < -0.3 is 15.4 Å². The zero-order valence-electron chi connectivity index (χ0n) is 17.4. The van der Waals surface area contributed by atoms with Gasteiger partial charge >= 0.3 is 0 Å². The molecule has 0 heterocycles. The number of rotatable bonds is 9. The van der Waals surface area contributed by atoms with Crippen LogP contribution in [0.4, 0.5) is 0 Å². The van der Waals surface area contributed by atoms with Crippen LogP contribution in [-0.2, 0) is 10.8 Å². The van der Waals surface area contributed by atoms with Gasteiger partial charge in [0.05, 0.1) is 6.61 Å². The molecule has 2 rings (SSSR count). The molecule has 3 atom stereocenters. The standard InChI is InChI=1S/C21H35N3O2S.HI/c1-4-22-21(24-18-11-8-12-19(16-18)27(25)5-2)23-14-9-15-26-20-13-7-6-10-17(20)3;/h6-7,10,13,18-19H,4-5,8-9,11-12,14-16H2,1-3H3,(H2,22,23,24);1H. The molecule has 0 radical (unpaired) electrons. The molecule has 1 aliphatic rings. The smallest absolute Gasteiger partial charge is 0.191 e. The largest absolute Gasteiger partial charge is 0.493 e. The van der Waals surface area contributed by atoms with Gasteiger partial charge in [-0.25, -0.2) is 0 Å². The molecule has 1 fully saturated rings. The monoisotopic (exact) mass is 521 g/mol. The first kappa shape index (κ1) is 25.2. The van der Waals surface area contributed by atoms with Gasteiger partial charge in [0, 0.05) is 47.4 Å². The summed E-state index contributed by atoms with van der Waals surface area (Å²) in [7, 11) is -0.698. The molecular formula is C21H36IN3O2S. The fourth-order valence-corrected chi connectivity index (χ4v) is 4.77. The number of ether oxygens (including phenoxy) is 1. The Labute approximate surface area is 190 Å². The molecule has 0 amide bonds. The molecule has 1 aromatic carbocycles. The van der Waals surface area contributed by atoms with Crippen molar-refractivity contribution in [3.05, 3.63) is 29.8 Å². The Kier molecular flexibility index (Phi) is 12.8. The summed E-state index contributed by atoms with van der Waals surface area (Å²) in [6.07, 6.45) is 5.19. The van der Waals surface area contributed by atoms with E-state index < -0.39 is 10.8 Å². The van der Waals surface area contributed by atoms with E-state index in [2.05, 4.69) is 35.5 Å². The number of aliphatic imine (C=N–C) groups is 1. The van der Waals surface area contributed by atoms with Crippen molar-refractivity contribution < 1.29 is 8.95 Å². The molecule has 7 heteroatoms. The van der Waals surface area contributed by atoms with Gasteiger partial charge in [0.1, 0.15) is 5.75 Å². The summed E-state index contributed by atoms with van der Waals surface area (Å²) >= 11 is 0. The first-order valence-electron chi connectivity index (χ1n) is 10.2. The van der Waals surface area contributed by atoms with Gasteiger partial charge in [0.2, 0.25) is 0 Å². The average molecular weight is 522 g/mol. The van der Waals surface area contributed by atoms with Gasteiger partial charge in [0.15, 0.2) is 5.96 Å². The molecule has 1 saturated carbocycles. The molecule has 160 valence electrons. The minimum Gasteiger partial charge on any atom is -0.493 e. The molecule has 5 nitrogen and oxygen atoms in total. The molecule has 28 heavy (non-hydrogen) atoms. The Morgan fingerprint density at radius 1 is 1.29 bits per heavy atom. The summed E-state index contributed by atoms with van der Waals surface area (Å²) in [5, 5.41) is 7.20. The van der Waals surface area contributed by atoms with E-state index in [1.54, 1.807) is 0 Å². The van der Waals surface area contributed by atoms with Crippen molar-refractivity contribution in [1.29, 1.82) is 0 Å². The number of aryl methyl sites for hydroxylation is 1. The number of hydrogen-bond acceptors (Lipinski definition) is 3. The molecule has 2 N–H and O–H groups in total. The number of halogens is 1. The Bertz CT molecular complexity index is 627. The molecular weight excluding hydrogens is 485 g/mol. The maximum absolute atomic E-state index is 12.1. The van der Waals surface area contributed by atoms with E-state index in [1.807, 2.05) is 25.1 Å². The summed E-state index contributed by atoms with van der Waals surface area (Å²) in [6, 6.07) is 8.44. The third-order valence-corrected chi connectivity index (χ3v) is 6.63. The number of benzene rings is 1. The Morgan fingerprint density at radius 3 is 2.79 bits per heavy atom. The Balaban J connectivity index is 0.00000392. The van der Waals surface area contributed by atoms with E-state index in [-0.39, 0.29) is 24.0 Å². The van der Waals surface area contributed by atoms with Crippen LogP contribution in [0.3, 0.4) is 0 Å². The molecule has 3 unspecified atom stereocenters. The van der Waals surface area contributed by atoms with Gasteiger partial charge in [-0.05, 0) is 44.7 Å². The highest BCUT2D eigenvalue weighted by Crippen LogP contribution is 2.23. The molecule has 0 aliphatic heterocycles. The third kappa shape index (κ3) is 8.68. The van der Waals surface area contributed by atoms with Crippen LogP contribution < -0.4 is 15.4 Å². The van der Waals surface area contributed by atoms with Crippen LogP contribution >= 0.6 is 24.0 Å². The number of nitrogens with one attached hydrogen (secondary N) is 2. The van der Waals surface area contributed by atoms with Crippen molar-refractivity contribution in [2.45, 2.75) is 64.2 Å². The quantitative estimate of drug-likeness (QED) is 0.223. The Morgan fingerprint density at radius 2 is 2.07 bits per heavy atom. The van der Waals surface area contributed by atoms with E-state index in [0.29, 0.717) is 17.9 Å². The van der Waals surface area contributed by atoms with E-state index in [9.17, 15) is 4.21 Å². The zero-order valence-corrected chi connectivity index (χ0v) is 20.6. The normalized spacial score (nSPS) is 20.8. The first-order chi connectivity index (χ1) is 13.1. The minimum absolute atomic E-state index is 0. The van der Waals surface area contributed by atoms with E-state index in [0.717, 1.165) is 68.2 Å². The van der Waals surface area contributed by atoms with Crippen molar-refractivity contribution in [2.24, 2.45) is 4.99 Å². The number of para-hydroxylation sites is 1. The van der Waals surface area contributed by atoms with Crippen LogP contribution in [0.25, 0.3) is 0 Å². The average Bonchev–Trinajstić information content (AvgIpc) is 2.68. The number of guanidine groups is 1. The van der Waals surface area contributed by atoms with Gasteiger partial charge in [-0.3, -0.25) is 9.20 Å². The molecule has 0 bridgehead atoms. The lowest BCUT2D eigenvalue weighted by molar-refractivity contribution is 0.311. The first-order valence-corrected chi connectivity index (χ1v) is 11.6. The summed E-state index contributed by atoms with van der Waals surface area (Å²) < 4.78 is 18.0. The lowest BCUT2D eigenvalue weighted by Crippen LogP contribution is -2.46. The predicted octanol–water partition coefficient (Wildman–Crippen LogP) is 4.02. The number of hydrogen-bond donors (Lipinski definition) is 2. The molecule has 0 aromatic heterocycles. The lowest BCUT2D eigenvalue weighted by atomic mass is 9.95. The van der Waals surface area contributed by atoms with Gasteiger partial charge in [-0.1, -0.05) is 31.5 Å². The van der Waals surface area contributed by atoms with Gasteiger partial charge in [-0.15, -0.1) is 24.0 Å². The Hall–Kier alpha value is -0.830. The summed E-state index contributed by atoms with van der Waals surface area (Å²) in [5.74, 6) is 2.57. The summed E-state index contributed by atoms with van der Waals surface area (Å²) in [6.45, 7) is 8.37. The highest BCUT2D eigenvalue weighted by molar-refractivity contribution is 14.0. The summed E-state index contributed by atoms with van der Waals surface area (Å²) in [5.41, 5.74) is 1.16. The van der Waals surface area contributed by atoms with Crippen LogP contribution in [0.1, 0.15) is 51.5 Å². The minimum atomic E-state index is -0.698. The second kappa shape index (κ2) is 14.2. The van der Waals surface area contributed by atoms with Crippen molar-refractivity contribution in [3.8, 4) is 5.75 Å². The van der Waals surface area contributed by atoms with E-state index in [1.165, 1.54) is 0 Å². The molecule has 0 spiro atoms. The fraction of sp³-hybridized carbons (Fsp3) is 0.667. The van der Waals surface area contributed by atoms with Crippen molar-refractivity contribution in [2.75, 3.05) is 25.4 Å². The maximum Gasteiger partial charge on any atom is 0.191 e. The van der Waals surface area contributed by atoms with Crippen molar-refractivity contribution in [1.82, 2.24) is 10.6 Å². The molecule has 0 saturated heterocycles. The predicted molar refractivity (Wildman–Crippen MR) is 131 cm³/mol. The number of nitrogens with zero attached hydrogens (tertiary/aromatic N) is 1. The van der Waals surface area contributed by atoms with Gasteiger partial charge in [-0.2, -0.15) is 0 Å². The van der Waals surface area contributed by atoms with Crippen LogP contribution in [0.2, 0.25) is 0 Å². The SMILES string of the molecule is CCNC(=NCCCOc1ccccc1C)NC1CCCC(S(=O)CC)C1.I. The second-order valence-electron chi connectivity index (χ2n) is 7.03. The third-order valence-electron chi connectivity index (χ3n) is 4.89. The zero-order chi connectivity index (χ0) is 19.5. The summed E-state index contributed by atoms with van der Waals surface area (Å²) in [4.78, 5) is 4.69. The van der Waals surface area contributed by atoms with Crippen LogP contribution in [0.15, 0.2) is 29.3 Å². The molecule has 1 aromatic rings. The van der Waals surface area contributed by atoms with Gasteiger partial charge in [0.25, 0.3) is 0 Å². The van der Waals surface area contributed by atoms with Crippen molar-refractivity contribution >= 4 is 40.7 Å². The van der Waals surface area contributed by atoms with E-state index in [4.69, 9.17) is 4.74 Å². The highest BCUT2D eigenvalue weighted by Gasteiger charge is 2.25. The molecule has 1 aliphatic carbocycles. The highest BCUT2D eigenvalue weighted by atomic mass is 127. The fourth-order valence-electron chi connectivity index (χ4n) is 3.42. The van der Waals surface area contributed by atoms with Crippen LogP contribution in [-0.4, -0.2) is 46.9 Å². The topological polar surface area (TPSA) is 62.7 Å².